The Hall–Kier alpha value is -2.30. The first-order valence-corrected chi connectivity index (χ1v) is 11.1. The molecule has 0 radical (unpaired) electrons. The molecule has 0 saturated carbocycles. The van der Waals surface area contributed by atoms with E-state index >= 15 is 0 Å². The molecule has 1 atom stereocenters. The average Bonchev–Trinajstić information content (AvgIpc) is 3.29. The van der Waals surface area contributed by atoms with Crippen LogP contribution >= 0.6 is 0 Å². The van der Waals surface area contributed by atoms with E-state index in [-0.39, 0.29) is 23.8 Å². The number of aryl methyl sites for hydroxylation is 2. The number of carbonyl (C=O) groups is 2. The van der Waals surface area contributed by atoms with Crippen LogP contribution in [0.2, 0.25) is 0 Å². The summed E-state index contributed by atoms with van der Waals surface area (Å²) < 4.78 is 9.67. The molecule has 0 aromatic carbocycles. The number of esters is 1. The van der Waals surface area contributed by atoms with Crippen molar-refractivity contribution in [3.05, 3.63) is 47.0 Å². The highest BCUT2D eigenvalue weighted by Crippen LogP contribution is 2.34. The van der Waals surface area contributed by atoms with E-state index in [0.717, 1.165) is 74.3 Å². The molecule has 0 bridgehead atoms. The zero-order valence-corrected chi connectivity index (χ0v) is 18.2. The Morgan fingerprint density at radius 2 is 2.03 bits per heavy atom. The first-order chi connectivity index (χ1) is 14.0. The standard InChI is InChI=1S/C24H34N2O3/c1-5-7-13-25-14-9-12-20(25)23(27)22-18(10-6-2)16-21-19(11-8-15-26(21)22)24(28)29-17(3)4/h9,12,14,16-17,19H,5-8,10-11,13,15H2,1-4H3. The van der Waals surface area contributed by atoms with Crippen LogP contribution in [0.15, 0.2) is 24.4 Å². The van der Waals surface area contributed by atoms with Crippen molar-refractivity contribution in [1.82, 2.24) is 9.13 Å². The van der Waals surface area contributed by atoms with Crippen LogP contribution in [0.25, 0.3) is 0 Å². The molecule has 1 aliphatic rings. The van der Waals surface area contributed by atoms with Gasteiger partial charge in [0.15, 0.2) is 0 Å². The van der Waals surface area contributed by atoms with Gasteiger partial charge in [-0.1, -0.05) is 26.7 Å². The molecule has 5 heteroatoms. The zero-order valence-electron chi connectivity index (χ0n) is 18.2. The van der Waals surface area contributed by atoms with Gasteiger partial charge < -0.3 is 13.9 Å². The predicted octanol–water partition coefficient (Wildman–Crippen LogP) is 5.10. The zero-order chi connectivity index (χ0) is 21.0. The first kappa shape index (κ1) is 21.4. The summed E-state index contributed by atoms with van der Waals surface area (Å²) in [4.78, 5) is 26.3. The molecule has 0 spiro atoms. The van der Waals surface area contributed by atoms with Crippen molar-refractivity contribution in [2.24, 2.45) is 0 Å². The number of carbonyl (C=O) groups excluding carboxylic acids is 2. The molecular weight excluding hydrogens is 364 g/mol. The molecule has 1 aliphatic heterocycles. The van der Waals surface area contributed by atoms with E-state index in [9.17, 15) is 9.59 Å². The molecule has 29 heavy (non-hydrogen) atoms. The van der Waals surface area contributed by atoms with Gasteiger partial charge in [0.25, 0.3) is 0 Å². The Morgan fingerprint density at radius 1 is 1.24 bits per heavy atom. The van der Waals surface area contributed by atoms with Gasteiger partial charge in [0, 0.05) is 25.0 Å². The van der Waals surface area contributed by atoms with Gasteiger partial charge in [-0.15, -0.1) is 0 Å². The van der Waals surface area contributed by atoms with Gasteiger partial charge in [-0.05, 0) is 63.3 Å². The molecule has 3 heterocycles. The molecule has 1 unspecified atom stereocenters. The largest absolute Gasteiger partial charge is 0.462 e. The fourth-order valence-electron chi connectivity index (χ4n) is 4.30. The van der Waals surface area contributed by atoms with Crippen molar-refractivity contribution in [2.45, 2.75) is 91.3 Å². The van der Waals surface area contributed by atoms with Crippen molar-refractivity contribution in [1.29, 1.82) is 0 Å². The topological polar surface area (TPSA) is 53.2 Å². The molecule has 0 N–H and O–H groups in total. The molecule has 3 rings (SSSR count). The van der Waals surface area contributed by atoms with Gasteiger partial charge in [0.1, 0.15) is 0 Å². The van der Waals surface area contributed by atoms with E-state index in [1.165, 1.54) is 0 Å². The van der Waals surface area contributed by atoms with Gasteiger partial charge in [0.05, 0.1) is 23.4 Å². The highest BCUT2D eigenvalue weighted by Gasteiger charge is 2.33. The summed E-state index contributed by atoms with van der Waals surface area (Å²) in [7, 11) is 0. The van der Waals surface area contributed by atoms with Gasteiger partial charge in [-0.25, -0.2) is 0 Å². The van der Waals surface area contributed by atoms with Gasteiger partial charge in [0.2, 0.25) is 5.78 Å². The Bertz CT molecular complexity index is 860. The monoisotopic (exact) mass is 398 g/mol. The lowest BCUT2D eigenvalue weighted by atomic mass is 9.96. The summed E-state index contributed by atoms with van der Waals surface area (Å²) in [5, 5.41) is 0. The summed E-state index contributed by atoms with van der Waals surface area (Å²) in [5.41, 5.74) is 3.50. The third-order valence-electron chi connectivity index (χ3n) is 5.62. The second-order valence-corrected chi connectivity index (χ2v) is 8.29. The number of rotatable bonds is 9. The maximum absolute atomic E-state index is 13.6. The number of nitrogens with zero attached hydrogens (tertiary/aromatic N) is 2. The Morgan fingerprint density at radius 3 is 2.72 bits per heavy atom. The number of aromatic nitrogens is 2. The minimum absolute atomic E-state index is 0.0682. The number of ether oxygens (including phenoxy) is 1. The Balaban J connectivity index is 2.01. The predicted molar refractivity (Wildman–Crippen MR) is 114 cm³/mol. The molecule has 2 aromatic rings. The van der Waals surface area contributed by atoms with E-state index in [1.807, 2.05) is 32.2 Å². The van der Waals surface area contributed by atoms with E-state index < -0.39 is 0 Å². The van der Waals surface area contributed by atoms with E-state index in [0.29, 0.717) is 0 Å². The summed E-state index contributed by atoms with van der Waals surface area (Å²) in [6.45, 7) is 9.67. The smallest absolute Gasteiger partial charge is 0.315 e. The third kappa shape index (κ3) is 4.49. The van der Waals surface area contributed by atoms with Crippen LogP contribution in [0, 0.1) is 0 Å². The van der Waals surface area contributed by atoms with Crippen molar-refractivity contribution in [2.75, 3.05) is 0 Å². The molecule has 158 valence electrons. The first-order valence-electron chi connectivity index (χ1n) is 11.1. The number of ketones is 1. The summed E-state index contributed by atoms with van der Waals surface area (Å²) >= 11 is 0. The Labute approximate surface area is 174 Å². The second kappa shape index (κ2) is 9.47. The van der Waals surface area contributed by atoms with Crippen molar-refractivity contribution < 1.29 is 14.3 Å². The summed E-state index contributed by atoms with van der Waals surface area (Å²) in [6, 6.07) is 5.95. The van der Waals surface area contributed by atoms with Crippen LogP contribution in [-0.2, 0) is 29.0 Å². The minimum atomic E-state index is -0.282. The summed E-state index contributed by atoms with van der Waals surface area (Å²) in [5.74, 6) is -0.388. The highest BCUT2D eigenvalue weighted by atomic mass is 16.5. The fraction of sp³-hybridized carbons (Fsp3) is 0.583. The maximum atomic E-state index is 13.6. The van der Waals surface area contributed by atoms with Crippen LogP contribution in [0.4, 0.5) is 0 Å². The SMILES string of the molecule is CCCCn1cccc1C(=O)c1c(CCC)cc2n1CCCC2C(=O)OC(C)C. The molecule has 0 amide bonds. The molecule has 0 saturated heterocycles. The van der Waals surface area contributed by atoms with Crippen molar-refractivity contribution >= 4 is 11.8 Å². The maximum Gasteiger partial charge on any atom is 0.315 e. The third-order valence-corrected chi connectivity index (χ3v) is 5.62. The van der Waals surface area contributed by atoms with E-state index in [1.54, 1.807) is 0 Å². The van der Waals surface area contributed by atoms with E-state index in [2.05, 4.69) is 29.0 Å². The number of fused-ring (bicyclic) bond motifs is 1. The van der Waals surface area contributed by atoms with Gasteiger partial charge in [-0.2, -0.15) is 0 Å². The van der Waals surface area contributed by atoms with Crippen molar-refractivity contribution in [3.8, 4) is 0 Å². The van der Waals surface area contributed by atoms with Gasteiger partial charge >= 0.3 is 5.97 Å². The molecule has 5 nitrogen and oxygen atoms in total. The number of hydrogen-bond acceptors (Lipinski definition) is 3. The van der Waals surface area contributed by atoms with E-state index in [4.69, 9.17) is 4.74 Å². The normalized spacial score (nSPS) is 16.1. The average molecular weight is 399 g/mol. The van der Waals surface area contributed by atoms with Crippen molar-refractivity contribution in [3.63, 3.8) is 0 Å². The highest BCUT2D eigenvalue weighted by molar-refractivity contribution is 6.08. The lowest BCUT2D eigenvalue weighted by molar-refractivity contribution is -0.149. The van der Waals surface area contributed by atoms with Gasteiger partial charge in [-0.3, -0.25) is 9.59 Å². The molecule has 2 aromatic heterocycles. The minimum Gasteiger partial charge on any atom is -0.462 e. The lowest BCUT2D eigenvalue weighted by Gasteiger charge is -2.25. The Kier molecular flexibility index (Phi) is 6.99. The number of hydrogen-bond donors (Lipinski definition) is 0. The van der Waals surface area contributed by atoms with Crippen LogP contribution in [-0.4, -0.2) is 27.0 Å². The quantitative estimate of drug-likeness (QED) is 0.436. The summed E-state index contributed by atoms with van der Waals surface area (Å²) in [6.07, 6.45) is 7.45. The van der Waals surface area contributed by atoms with Crippen LogP contribution in [0.5, 0.6) is 0 Å². The lowest BCUT2D eigenvalue weighted by Crippen LogP contribution is -2.27. The fourth-order valence-corrected chi connectivity index (χ4v) is 4.30. The molecule has 0 fully saturated rings. The second-order valence-electron chi connectivity index (χ2n) is 8.29. The molecule has 0 aliphatic carbocycles. The van der Waals surface area contributed by atoms with Crippen LogP contribution in [0.3, 0.4) is 0 Å². The van der Waals surface area contributed by atoms with Crippen LogP contribution < -0.4 is 0 Å². The number of unbranched alkanes of at least 4 members (excludes halogenated alkanes) is 1. The van der Waals surface area contributed by atoms with Crippen LogP contribution in [0.1, 0.15) is 93.2 Å². The molecular formula is C24H34N2O3.